The number of ether oxygens (including phenoxy) is 1. The third-order valence-corrected chi connectivity index (χ3v) is 3.04. The average Bonchev–Trinajstić information content (AvgIpc) is 2.12. The largest absolute Gasteiger partial charge is 0.492 e. The molecule has 13 heavy (non-hydrogen) atoms. The smallest absolute Gasteiger partial charge is 0.126 e. The summed E-state index contributed by atoms with van der Waals surface area (Å²) in [6.07, 6.45) is -0.513. The lowest BCUT2D eigenvalue weighted by Crippen LogP contribution is -2.25. The lowest BCUT2D eigenvalue weighted by molar-refractivity contribution is 0.125. The van der Waals surface area contributed by atoms with E-state index in [0.717, 1.165) is 5.56 Å². The Morgan fingerprint density at radius 2 is 2.31 bits per heavy atom. The fraction of sp³-hybridized carbons (Fsp3) is 0.333. The van der Waals surface area contributed by atoms with Gasteiger partial charge in [-0.3, -0.25) is 0 Å². The topological polar surface area (TPSA) is 29.5 Å². The Balaban J connectivity index is 2.44. The van der Waals surface area contributed by atoms with Gasteiger partial charge in [0.05, 0.1) is 10.9 Å². The Morgan fingerprint density at radius 1 is 1.54 bits per heavy atom. The van der Waals surface area contributed by atoms with Gasteiger partial charge in [-0.05, 0) is 12.1 Å². The minimum absolute atomic E-state index is 0.0406. The van der Waals surface area contributed by atoms with Crippen molar-refractivity contribution >= 4 is 27.5 Å². The van der Waals surface area contributed by atoms with Crippen molar-refractivity contribution in [2.45, 2.75) is 10.9 Å². The standard InChI is InChI=1S/C9H8BrClO2/c10-7-4-13-8-3-5(11)1-2-6(8)9(7)12/h1-3,7,9,12H,4H2/t7-,9-/m0/s1. The summed E-state index contributed by atoms with van der Waals surface area (Å²) < 4.78 is 5.40. The van der Waals surface area contributed by atoms with Crippen LogP contribution in [-0.4, -0.2) is 16.5 Å². The Kier molecular flexibility index (Phi) is 2.49. The highest BCUT2D eigenvalue weighted by molar-refractivity contribution is 9.09. The molecule has 0 unspecified atom stereocenters. The molecule has 1 aromatic carbocycles. The minimum Gasteiger partial charge on any atom is -0.492 e. The van der Waals surface area contributed by atoms with Gasteiger partial charge in [0.15, 0.2) is 0 Å². The van der Waals surface area contributed by atoms with Gasteiger partial charge < -0.3 is 9.84 Å². The van der Waals surface area contributed by atoms with Crippen LogP contribution >= 0.6 is 27.5 Å². The number of aliphatic hydroxyl groups excluding tert-OH is 1. The molecule has 0 bridgehead atoms. The number of halogens is 2. The van der Waals surface area contributed by atoms with Gasteiger partial charge in [0.25, 0.3) is 0 Å². The zero-order valence-electron chi connectivity index (χ0n) is 6.71. The van der Waals surface area contributed by atoms with Crippen LogP contribution in [0.15, 0.2) is 18.2 Å². The first-order chi connectivity index (χ1) is 6.18. The zero-order valence-corrected chi connectivity index (χ0v) is 9.05. The first kappa shape index (κ1) is 9.31. The van der Waals surface area contributed by atoms with E-state index in [1.807, 2.05) is 0 Å². The highest BCUT2D eigenvalue weighted by Gasteiger charge is 2.27. The molecule has 0 saturated heterocycles. The number of fused-ring (bicyclic) bond motifs is 1. The fourth-order valence-corrected chi connectivity index (χ4v) is 1.91. The molecule has 1 heterocycles. The molecular formula is C9H8BrClO2. The summed E-state index contributed by atoms with van der Waals surface area (Å²) in [5, 5.41) is 10.4. The molecule has 0 aromatic heterocycles. The van der Waals surface area contributed by atoms with Crippen molar-refractivity contribution in [3.8, 4) is 5.75 Å². The van der Waals surface area contributed by atoms with Crippen LogP contribution in [0.2, 0.25) is 5.02 Å². The monoisotopic (exact) mass is 262 g/mol. The Bertz CT molecular complexity index is 329. The molecular weight excluding hydrogens is 255 g/mol. The molecule has 2 atom stereocenters. The number of benzene rings is 1. The van der Waals surface area contributed by atoms with Crippen molar-refractivity contribution in [2.75, 3.05) is 6.61 Å². The predicted octanol–water partition coefficient (Wildman–Crippen LogP) is 2.53. The highest BCUT2D eigenvalue weighted by Crippen LogP contribution is 2.36. The molecule has 1 aromatic rings. The summed E-state index contributed by atoms with van der Waals surface area (Å²) in [5.74, 6) is 0.677. The number of hydrogen-bond donors (Lipinski definition) is 1. The molecule has 0 saturated carbocycles. The Morgan fingerprint density at radius 3 is 3.08 bits per heavy atom. The number of aliphatic hydroxyl groups is 1. The molecule has 1 aliphatic rings. The number of alkyl halides is 1. The molecule has 2 nitrogen and oxygen atoms in total. The molecule has 0 aliphatic carbocycles. The van der Waals surface area contributed by atoms with E-state index in [9.17, 15) is 5.11 Å². The zero-order chi connectivity index (χ0) is 9.42. The van der Waals surface area contributed by atoms with E-state index in [1.54, 1.807) is 18.2 Å². The Labute approximate surface area is 89.6 Å². The van der Waals surface area contributed by atoms with Gasteiger partial charge >= 0.3 is 0 Å². The normalized spacial score (nSPS) is 26.4. The SMILES string of the molecule is O[C@H]1c2ccc(Cl)cc2OC[C@@H]1Br. The second-order valence-electron chi connectivity index (χ2n) is 2.95. The van der Waals surface area contributed by atoms with E-state index in [4.69, 9.17) is 16.3 Å². The summed E-state index contributed by atoms with van der Waals surface area (Å²) >= 11 is 9.12. The third-order valence-electron chi connectivity index (χ3n) is 2.03. The van der Waals surface area contributed by atoms with E-state index in [1.165, 1.54) is 0 Å². The van der Waals surface area contributed by atoms with Gasteiger partial charge in [0.2, 0.25) is 0 Å². The lowest BCUT2D eigenvalue weighted by atomic mass is 10.0. The molecule has 70 valence electrons. The van der Waals surface area contributed by atoms with Crippen molar-refractivity contribution in [1.82, 2.24) is 0 Å². The highest BCUT2D eigenvalue weighted by atomic mass is 79.9. The number of rotatable bonds is 0. The van der Waals surface area contributed by atoms with E-state index in [2.05, 4.69) is 15.9 Å². The molecule has 0 spiro atoms. The summed E-state index contributed by atoms with van der Waals surface area (Å²) in [6.45, 7) is 0.467. The van der Waals surface area contributed by atoms with Crippen LogP contribution in [-0.2, 0) is 0 Å². The summed E-state index contributed by atoms with van der Waals surface area (Å²) in [7, 11) is 0. The Hall–Kier alpha value is -0.250. The van der Waals surface area contributed by atoms with Gasteiger partial charge in [-0.25, -0.2) is 0 Å². The summed E-state index contributed by atoms with van der Waals surface area (Å²) in [6, 6.07) is 5.26. The first-order valence-corrected chi connectivity index (χ1v) is 5.22. The van der Waals surface area contributed by atoms with Crippen LogP contribution < -0.4 is 4.74 Å². The lowest BCUT2D eigenvalue weighted by Gasteiger charge is -2.26. The molecule has 4 heteroatoms. The maximum atomic E-state index is 9.75. The molecule has 0 radical (unpaired) electrons. The van der Waals surface area contributed by atoms with E-state index >= 15 is 0 Å². The molecule has 0 fully saturated rings. The van der Waals surface area contributed by atoms with Crippen molar-refractivity contribution < 1.29 is 9.84 Å². The van der Waals surface area contributed by atoms with Gasteiger partial charge in [-0.15, -0.1) is 0 Å². The number of hydrogen-bond acceptors (Lipinski definition) is 2. The van der Waals surface area contributed by atoms with Crippen molar-refractivity contribution in [2.24, 2.45) is 0 Å². The van der Waals surface area contributed by atoms with Crippen LogP contribution in [0, 0.1) is 0 Å². The molecule has 1 N–H and O–H groups in total. The van der Waals surface area contributed by atoms with Crippen molar-refractivity contribution in [3.05, 3.63) is 28.8 Å². The molecule has 2 rings (SSSR count). The van der Waals surface area contributed by atoms with Crippen molar-refractivity contribution in [1.29, 1.82) is 0 Å². The van der Waals surface area contributed by atoms with Crippen LogP contribution in [0.4, 0.5) is 0 Å². The van der Waals surface area contributed by atoms with Gasteiger partial charge in [0.1, 0.15) is 12.4 Å². The first-order valence-electron chi connectivity index (χ1n) is 3.93. The quantitative estimate of drug-likeness (QED) is 0.729. The summed E-state index contributed by atoms with van der Waals surface area (Å²) in [4.78, 5) is -0.0406. The third kappa shape index (κ3) is 1.68. The van der Waals surface area contributed by atoms with Crippen molar-refractivity contribution in [3.63, 3.8) is 0 Å². The summed E-state index contributed by atoms with van der Waals surface area (Å²) in [5.41, 5.74) is 0.789. The van der Waals surface area contributed by atoms with E-state index in [0.29, 0.717) is 17.4 Å². The van der Waals surface area contributed by atoms with E-state index in [-0.39, 0.29) is 4.83 Å². The maximum absolute atomic E-state index is 9.75. The maximum Gasteiger partial charge on any atom is 0.126 e. The second-order valence-corrected chi connectivity index (χ2v) is 4.57. The van der Waals surface area contributed by atoms with Gasteiger partial charge in [-0.1, -0.05) is 33.6 Å². The van der Waals surface area contributed by atoms with Crippen LogP contribution in [0.25, 0.3) is 0 Å². The van der Waals surface area contributed by atoms with E-state index < -0.39 is 6.10 Å². The van der Waals surface area contributed by atoms with Crippen LogP contribution in [0.3, 0.4) is 0 Å². The minimum atomic E-state index is -0.513. The molecule has 0 amide bonds. The fourth-order valence-electron chi connectivity index (χ4n) is 1.33. The molecule has 1 aliphatic heterocycles. The van der Waals surface area contributed by atoms with Gasteiger partial charge in [-0.2, -0.15) is 0 Å². The second kappa shape index (κ2) is 3.48. The van der Waals surface area contributed by atoms with Crippen LogP contribution in [0.1, 0.15) is 11.7 Å². The van der Waals surface area contributed by atoms with Gasteiger partial charge in [0, 0.05) is 10.6 Å². The predicted molar refractivity (Wildman–Crippen MR) is 54.6 cm³/mol. The average molecular weight is 264 g/mol. The van der Waals surface area contributed by atoms with Crippen LogP contribution in [0.5, 0.6) is 5.75 Å².